The van der Waals surface area contributed by atoms with Crippen molar-refractivity contribution >= 4 is 57.4 Å². The molecule has 0 atom stereocenters. The van der Waals surface area contributed by atoms with Gasteiger partial charge in [-0.1, -0.05) is 40.8 Å². The summed E-state index contributed by atoms with van der Waals surface area (Å²) in [5, 5.41) is 2.79. The highest BCUT2D eigenvalue weighted by molar-refractivity contribution is 14.1. The number of benzene rings is 2. The van der Waals surface area contributed by atoms with E-state index in [2.05, 4.69) is 10.3 Å². The number of fused-ring (bicyclic) bond motifs is 1. The van der Waals surface area contributed by atoms with Crippen molar-refractivity contribution in [2.75, 3.05) is 24.0 Å². The van der Waals surface area contributed by atoms with Crippen molar-refractivity contribution in [1.82, 2.24) is 9.55 Å². The van der Waals surface area contributed by atoms with Gasteiger partial charge in [-0.3, -0.25) is 9.59 Å². The molecule has 150 valence electrons. The largest absolute Gasteiger partial charge is 0.493 e. The number of ether oxygens (including phenoxy) is 2. The molecule has 3 aromatic rings. The fourth-order valence-corrected chi connectivity index (χ4v) is 3.02. The Morgan fingerprint density at radius 1 is 1.14 bits per heavy atom. The molecule has 7 nitrogen and oxygen atoms in total. The number of anilines is 1. The molecular formula is C21H20IN3O4. The van der Waals surface area contributed by atoms with Gasteiger partial charge in [-0.2, -0.15) is 0 Å². The molecule has 0 spiro atoms. The quantitative estimate of drug-likeness (QED) is 0.410. The predicted octanol–water partition coefficient (Wildman–Crippen LogP) is 3.49. The summed E-state index contributed by atoms with van der Waals surface area (Å²) in [4.78, 5) is 28.6. The van der Waals surface area contributed by atoms with Crippen LogP contribution < -0.4 is 20.3 Å². The lowest BCUT2D eigenvalue weighted by molar-refractivity contribution is -0.113. The number of halogens is 1. The number of carbonyl (C=O) groups excluding carboxylic acids is 1. The van der Waals surface area contributed by atoms with Gasteiger partial charge in [0, 0.05) is 24.9 Å². The number of aromatic nitrogens is 2. The molecule has 8 heteroatoms. The molecule has 0 aliphatic rings. The second-order valence-corrected chi connectivity index (χ2v) is 6.96. The highest BCUT2D eigenvalue weighted by Crippen LogP contribution is 2.30. The third-order valence-corrected chi connectivity index (χ3v) is 5.05. The van der Waals surface area contributed by atoms with E-state index in [9.17, 15) is 9.59 Å². The summed E-state index contributed by atoms with van der Waals surface area (Å²) in [6.07, 6.45) is 3.48. The zero-order chi connectivity index (χ0) is 21.0. The minimum atomic E-state index is -0.216. The molecule has 3 rings (SSSR count). The maximum absolute atomic E-state index is 12.7. The van der Waals surface area contributed by atoms with Crippen LogP contribution in [0.25, 0.3) is 23.2 Å². The van der Waals surface area contributed by atoms with Crippen LogP contribution in [0.15, 0.2) is 41.2 Å². The first-order chi connectivity index (χ1) is 14.0. The number of aryl methyl sites for hydroxylation is 1. The summed E-state index contributed by atoms with van der Waals surface area (Å²) in [6, 6.07) is 10.8. The summed E-state index contributed by atoms with van der Waals surface area (Å²) in [6.45, 7) is 0. The minimum Gasteiger partial charge on any atom is -0.493 e. The highest BCUT2D eigenvalue weighted by atomic mass is 127. The molecule has 1 heterocycles. The number of methoxy groups -OCH3 is 2. The number of rotatable bonds is 6. The van der Waals surface area contributed by atoms with Crippen LogP contribution in [0, 0.1) is 0 Å². The van der Waals surface area contributed by atoms with Gasteiger partial charge in [0.25, 0.3) is 5.56 Å². The number of hydrogen-bond donors (Lipinski definition) is 1. The van der Waals surface area contributed by atoms with Crippen LogP contribution in [-0.4, -0.2) is 34.1 Å². The fourth-order valence-electron chi connectivity index (χ4n) is 2.83. The zero-order valence-electron chi connectivity index (χ0n) is 16.2. The molecule has 1 N–H and O–H groups in total. The van der Waals surface area contributed by atoms with Crippen LogP contribution in [0.4, 0.5) is 5.69 Å². The molecule has 0 saturated carbocycles. The molecule has 2 aromatic carbocycles. The van der Waals surface area contributed by atoms with E-state index in [1.165, 1.54) is 4.57 Å². The molecule has 29 heavy (non-hydrogen) atoms. The Morgan fingerprint density at radius 2 is 1.79 bits per heavy atom. The van der Waals surface area contributed by atoms with Gasteiger partial charge in [0.05, 0.1) is 29.7 Å². The summed E-state index contributed by atoms with van der Waals surface area (Å²) in [7, 11) is 4.80. The molecule has 0 aliphatic carbocycles. The van der Waals surface area contributed by atoms with Gasteiger partial charge in [0.2, 0.25) is 5.91 Å². The Balaban J connectivity index is 1.94. The van der Waals surface area contributed by atoms with Gasteiger partial charge in [-0.05, 0) is 23.8 Å². The Morgan fingerprint density at radius 3 is 2.41 bits per heavy atom. The number of alkyl halides is 1. The van der Waals surface area contributed by atoms with Crippen LogP contribution >= 0.6 is 22.6 Å². The Labute approximate surface area is 181 Å². The van der Waals surface area contributed by atoms with Gasteiger partial charge in [-0.15, -0.1) is 0 Å². The molecule has 1 amide bonds. The Kier molecular flexibility index (Phi) is 6.53. The van der Waals surface area contributed by atoms with Crippen LogP contribution in [0.5, 0.6) is 11.5 Å². The third kappa shape index (κ3) is 4.58. The van der Waals surface area contributed by atoms with Crippen LogP contribution in [0.1, 0.15) is 11.3 Å². The van der Waals surface area contributed by atoms with Crippen molar-refractivity contribution < 1.29 is 14.3 Å². The average molecular weight is 505 g/mol. The number of amides is 1. The van der Waals surface area contributed by atoms with E-state index in [4.69, 9.17) is 9.47 Å². The number of hydrogen-bond acceptors (Lipinski definition) is 5. The first-order valence-corrected chi connectivity index (χ1v) is 10.3. The van der Waals surface area contributed by atoms with Crippen LogP contribution in [0.2, 0.25) is 0 Å². The second-order valence-electron chi connectivity index (χ2n) is 6.19. The molecule has 0 radical (unpaired) electrons. The number of carbonyl (C=O) groups is 1. The topological polar surface area (TPSA) is 82.5 Å². The van der Waals surface area contributed by atoms with Crippen molar-refractivity contribution in [3.8, 4) is 11.5 Å². The van der Waals surface area contributed by atoms with E-state index in [0.29, 0.717) is 32.7 Å². The first kappa shape index (κ1) is 20.8. The van der Waals surface area contributed by atoms with Crippen molar-refractivity contribution in [1.29, 1.82) is 0 Å². The normalized spacial score (nSPS) is 11.0. The molecule has 0 bridgehead atoms. The molecular weight excluding hydrogens is 485 g/mol. The summed E-state index contributed by atoms with van der Waals surface area (Å²) in [5.41, 5.74) is 2.99. The van der Waals surface area contributed by atoms with E-state index >= 15 is 0 Å². The van der Waals surface area contributed by atoms with Crippen LogP contribution in [0.3, 0.4) is 0 Å². The zero-order valence-corrected chi connectivity index (χ0v) is 18.4. The monoisotopic (exact) mass is 505 g/mol. The van der Waals surface area contributed by atoms with Gasteiger partial charge >= 0.3 is 0 Å². The van der Waals surface area contributed by atoms with Crippen molar-refractivity contribution in [2.45, 2.75) is 0 Å². The lowest BCUT2D eigenvalue weighted by Crippen LogP contribution is -2.21. The standard InChI is InChI=1S/C21H20IN3O4/c1-25-17-11-19(29-3)18(28-2)10-16(17)24-15(21(25)27)9-6-13-4-7-14(8-5-13)23-20(26)12-22/h4-11H,12H2,1-3H3,(H,23,26)/b9-6+. The van der Waals surface area contributed by atoms with Gasteiger partial charge in [0.1, 0.15) is 5.69 Å². The molecule has 0 saturated heterocycles. The minimum absolute atomic E-state index is 0.0511. The summed E-state index contributed by atoms with van der Waals surface area (Å²) in [5.74, 6) is 1.03. The summed E-state index contributed by atoms with van der Waals surface area (Å²) < 4.78 is 12.6. The maximum atomic E-state index is 12.7. The first-order valence-electron chi connectivity index (χ1n) is 8.73. The van der Waals surface area contributed by atoms with Crippen molar-refractivity contribution in [3.63, 3.8) is 0 Å². The Hall–Kier alpha value is -2.88. The van der Waals surface area contributed by atoms with Crippen LogP contribution in [-0.2, 0) is 11.8 Å². The average Bonchev–Trinajstić information content (AvgIpc) is 2.75. The highest BCUT2D eigenvalue weighted by Gasteiger charge is 2.12. The fraction of sp³-hybridized carbons (Fsp3) is 0.190. The smallest absolute Gasteiger partial charge is 0.276 e. The number of nitrogens with one attached hydrogen (secondary N) is 1. The lowest BCUT2D eigenvalue weighted by Gasteiger charge is -2.11. The van der Waals surface area contributed by atoms with E-state index in [1.807, 2.05) is 46.9 Å². The second kappa shape index (κ2) is 9.08. The van der Waals surface area contributed by atoms with E-state index in [-0.39, 0.29) is 11.5 Å². The summed E-state index contributed by atoms with van der Waals surface area (Å²) >= 11 is 2.01. The predicted molar refractivity (Wildman–Crippen MR) is 123 cm³/mol. The van der Waals surface area contributed by atoms with E-state index in [1.54, 1.807) is 45.6 Å². The maximum Gasteiger partial charge on any atom is 0.276 e. The third-order valence-electron chi connectivity index (χ3n) is 4.36. The molecule has 1 aromatic heterocycles. The van der Waals surface area contributed by atoms with Gasteiger partial charge < -0.3 is 19.4 Å². The van der Waals surface area contributed by atoms with E-state index < -0.39 is 0 Å². The van der Waals surface area contributed by atoms with Gasteiger partial charge in [0.15, 0.2) is 11.5 Å². The molecule has 0 fully saturated rings. The van der Waals surface area contributed by atoms with E-state index in [0.717, 1.165) is 11.3 Å². The van der Waals surface area contributed by atoms with Crippen molar-refractivity contribution in [3.05, 3.63) is 58.0 Å². The number of nitrogens with zero attached hydrogens (tertiary/aromatic N) is 2. The molecule has 0 aliphatic heterocycles. The SMILES string of the molecule is COc1cc2nc(/C=C/c3ccc(NC(=O)CI)cc3)c(=O)n(C)c2cc1OC. The lowest BCUT2D eigenvalue weighted by atomic mass is 10.1. The molecule has 0 unspecified atom stereocenters. The van der Waals surface area contributed by atoms with Crippen molar-refractivity contribution in [2.24, 2.45) is 7.05 Å². The van der Waals surface area contributed by atoms with Gasteiger partial charge in [-0.25, -0.2) is 4.98 Å². The Bertz CT molecular complexity index is 1140.